The van der Waals surface area contributed by atoms with Crippen LogP contribution in [0.15, 0.2) is 36.4 Å². The molecule has 2 unspecified atom stereocenters. The molecule has 2 aromatic carbocycles. The number of ether oxygens (including phenoxy) is 1. The van der Waals surface area contributed by atoms with Gasteiger partial charge in [0.2, 0.25) is 0 Å². The van der Waals surface area contributed by atoms with Gasteiger partial charge in [-0.1, -0.05) is 69.7 Å². The zero-order valence-corrected chi connectivity index (χ0v) is 29.1. The first-order chi connectivity index (χ1) is 20.2. The van der Waals surface area contributed by atoms with Crippen LogP contribution in [0, 0.1) is 57.0 Å². The maximum Gasteiger partial charge on any atom is 0.175 e. The molecule has 6 heteroatoms. The molecule has 5 fully saturated rings. The Hall–Kier alpha value is -2.04. The van der Waals surface area contributed by atoms with Crippen LogP contribution in [0.5, 0.6) is 5.75 Å². The number of rotatable bonds is 5. The molecule has 43 heavy (non-hydrogen) atoms. The van der Waals surface area contributed by atoms with Crippen LogP contribution in [0.1, 0.15) is 89.0 Å². The number of benzene rings is 2. The molecule has 4 aliphatic carbocycles. The summed E-state index contributed by atoms with van der Waals surface area (Å²) < 4.78 is 7.58. The van der Waals surface area contributed by atoms with Gasteiger partial charge in [0.05, 0.1) is 0 Å². The van der Waals surface area contributed by atoms with Crippen LogP contribution in [0.2, 0.25) is 0 Å². The van der Waals surface area contributed by atoms with E-state index in [9.17, 15) is 9.90 Å². The van der Waals surface area contributed by atoms with E-state index in [4.69, 9.17) is 4.74 Å². The Morgan fingerprint density at radius 1 is 1.07 bits per heavy atom. The average Bonchev–Trinajstić information content (AvgIpc) is 3.38. The topological polar surface area (TPSA) is 55.8 Å². The molecule has 2 radical (unpaired) electrons. The summed E-state index contributed by atoms with van der Waals surface area (Å²) in [5, 5.41) is 9.91. The molecule has 0 spiro atoms. The van der Waals surface area contributed by atoms with E-state index in [0.717, 1.165) is 42.2 Å². The van der Waals surface area contributed by atoms with E-state index in [1.165, 1.54) is 54.5 Å². The minimum atomic E-state index is -1.01. The number of aryl methyl sites for hydroxylation is 3. The molecule has 1 saturated heterocycles. The van der Waals surface area contributed by atoms with E-state index in [-0.39, 0.29) is 6.10 Å². The number of anilines is 1. The number of hydrogen-bond donors (Lipinski definition) is 0. The second kappa shape index (κ2) is 13.9. The van der Waals surface area contributed by atoms with Crippen LogP contribution >= 0.6 is 0 Å². The van der Waals surface area contributed by atoms with Gasteiger partial charge in [-0.25, -0.2) is 0 Å². The first-order valence-corrected chi connectivity index (χ1v) is 16.9. The van der Waals surface area contributed by atoms with Crippen molar-refractivity contribution in [1.29, 1.82) is 0 Å². The van der Waals surface area contributed by atoms with Gasteiger partial charge in [-0.15, -0.1) is 0 Å². The normalized spacial score (nSPS) is 26.0. The van der Waals surface area contributed by atoms with Gasteiger partial charge in [0.15, 0.2) is 6.67 Å². The van der Waals surface area contributed by atoms with Crippen LogP contribution in [-0.2, 0) is 22.6 Å². The third kappa shape index (κ3) is 8.37. The summed E-state index contributed by atoms with van der Waals surface area (Å²) in [6.45, 7) is 21.6. The van der Waals surface area contributed by atoms with Crippen molar-refractivity contribution in [3.05, 3.63) is 71.7 Å². The van der Waals surface area contributed by atoms with Gasteiger partial charge in [0.25, 0.3) is 0 Å². The number of carboxylic acids is 1. The molecule has 5 aliphatic rings. The van der Waals surface area contributed by atoms with Crippen LogP contribution in [0.25, 0.3) is 0 Å². The summed E-state index contributed by atoms with van der Waals surface area (Å²) in [6.07, 6.45) is 10.2. The standard InChI is InChI=1S/C22H29N2.C10H12O.C5H10O2.Ru/c1-15-6-16(2)21(17(3)7-15)23-4-5-24(14-23)22-11-18-8-19(12-22)10-20(9-18)13-22;1-8(2)11-10-7-5-4-6-9(10)3;1-5(2,3)4(6)7;/h6-7,11,18-20H,4-5,8-10,12-13H2,1-3H3;3-8H,1-2H3;1-3H3,(H,6,7);/q-1;;;+1/p-1/t18?,19-,20+,22?;;;. The van der Waals surface area contributed by atoms with Crippen molar-refractivity contribution in [3.8, 4) is 5.75 Å². The minimum Gasteiger partial charge on any atom is -0.345 e. The van der Waals surface area contributed by atoms with Gasteiger partial charge in [-0.3, -0.25) is 4.90 Å². The second-order valence-corrected chi connectivity index (χ2v) is 14.9. The Balaban J connectivity index is 0.000000187. The van der Waals surface area contributed by atoms with Crippen molar-refractivity contribution in [2.45, 2.75) is 99.1 Å². The maximum absolute atomic E-state index is 9.91. The Kier molecular flexibility index (Phi) is 11.0. The van der Waals surface area contributed by atoms with Gasteiger partial charge in [0.1, 0.15) is 0 Å². The molecule has 4 saturated carbocycles. The quantitative estimate of drug-likeness (QED) is 0.270. The zero-order chi connectivity index (χ0) is 31.5. The molecule has 1 heterocycles. The molecular weight excluding hydrogens is 621 g/mol. The van der Waals surface area contributed by atoms with Crippen LogP contribution in [0.4, 0.5) is 5.69 Å². The third-order valence-electron chi connectivity index (χ3n) is 9.00. The largest absolute Gasteiger partial charge is 0.345 e. The minimum absolute atomic E-state index is 0.234. The number of nitrogens with zero attached hydrogens (tertiary/aromatic N) is 2. The van der Waals surface area contributed by atoms with Crippen LogP contribution in [0.3, 0.4) is 0 Å². The summed E-state index contributed by atoms with van der Waals surface area (Å²) in [5.41, 5.74) is 6.28. The van der Waals surface area contributed by atoms with E-state index in [1.54, 1.807) is 20.8 Å². The molecule has 2 aromatic rings. The molecule has 7 rings (SSSR count). The SMILES string of the molecule is CC(C)(C)C(=O)[O-].CC(C)Oc1ccccc1[CH]=[Ru+].Cc1cc(C)c(N2[C]N(C34[CH-]C5C[C@H](C[C@H](C5)C3)C4)CC2)c(C)c1. The summed E-state index contributed by atoms with van der Waals surface area (Å²) in [5.74, 6) is 2.78. The first kappa shape index (κ1) is 33.8. The number of carbonyl (C=O) groups is 1. The summed E-state index contributed by atoms with van der Waals surface area (Å²) >= 11 is 2.49. The molecule has 4 atom stereocenters. The molecule has 0 aromatic heterocycles. The fourth-order valence-electron chi connectivity index (χ4n) is 7.51. The number of aliphatic carboxylic acids is 1. The smallest absolute Gasteiger partial charge is 0.175 e. The number of hydrogen-bond acceptors (Lipinski definition) is 5. The van der Waals surface area contributed by atoms with Gasteiger partial charge >= 0.3 is 82.7 Å². The van der Waals surface area contributed by atoms with Gasteiger partial charge in [-0.05, 0) is 50.2 Å². The van der Waals surface area contributed by atoms with E-state index >= 15 is 0 Å². The van der Waals surface area contributed by atoms with E-state index in [0.29, 0.717) is 5.54 Å². The number of carboxylic acid groups (broad SMARTS) is 1. The summed E-state index contributed by atoms with van der Waals surface area (Å²) in [4.78, 5) is 14.9. The van der Waals surface area contributed by atoms with Gasteiger partial charge < -0.3 is 21.2 Å². The first-order valence-electron chi connectivity index (χ1n) is 15.8. The molecule has 4 bridgehead atoms. The molecule has 0 amide bonds. The third-order valence-corrected chi connectivity index (χ3v) is 9.55. The molecule has 1 aliphatic heterocycles. The number of carbonyl (C=O) groups excluding carboxylic acids is 1. The molecule has 5 nitrogen and oxygen atoms in total. The van der Waals surface area contributed by atoms with Crippen molar-refractivity contribution >= 4 is 16.3 Å². The predicted octanol–water partition coefficient (Wildman–Crippen LogP) is 6.47. The molecule has 0 N–H and O–H groups in total. The van der Waals surface area contributed by atoms with E-state index in [1.807, 2.05) is 42.7 Å². The maximum atomic E-state index is 9.91. The number of para-hydroxylation sites is 1. The van der Waals surface area contributed by atoms with E-state index < -0.39 is 11.4 Å². The predicted molar refractivity (Wildman–Crippen MR) is 170 cm³/mol. The van der Waals surface area contributed by atoms with Crippen molar-refractivity contribution in [1.82, 2.24) is 4.90 Å². The van der Waals surface area contributed by atoms with Gasteiger partial charge in [0, 0.05) is 30.2 Å². The fourth-order valence-corrected chi connectivity index (χ4v) is 7.92. The van der Waals surface area contributed by atoms with Crippen LogP contribution < -0.4 is 14.7 Å². The average molecular weight is 672 g/mol. The van der Waals surface area contributed by atoms with Crippen molar-refractivity contribution in [2.75, 3.05) is 18.0 Å². The van der Waals surface area contributed by atoms with Crippen molar-refractivity contribution in [2.24, 2.45) is 23.2 Å². The van der Waals surface area contributed by atoms with Crippen molar-refractivity contribution in [3.63, 3.8) is 0 Å². The van der Waals surface area contributed by atoms with Gasteiger partial charge in [-0.2, -0.15) is 5.92 Å². The Labute approximate surface area is 270 Å². The Morgan fingerprint density at radius 2 is 1.65 bits per heavy atom. The second-order valence-electron chi connectivity index (χ2n) is 14.4. The van der Waals surface area contributed by atoms with Crippen LogP contribution in [-0.4, -0.2) is 40.2 Å². The van der Waals surface area contributed by atoms with Crippen molar-refractivity contribution < 1.29 is 32.5 Å². The monoisotopic (exact) mass is 672 g/mol. The summed E-state index contributed by atoms with van der Waals surface area (Å²) in [7, 11) is 0. The Morgan fingerprint density at radius 3 is 2.16 bits per heavy atom. The fraction of sp³-hybridized carbons (Fsp3) is 0.568. The summed E-state index contributed by atoms with van der Waals surface area (Å²) in [6, 6.07) is 12.6. The zero-order valence-electron chi connectivity index (χ0n) is 27.4. The molecule has 235 valence electrons. The Bertz CT molecular complexity index is 1220. The van der Waals surface area contributed by atoms with E-state index in [2.05, 4.69) is 73.6 Å². The molecular formula is C37H50N2O3Ru-.